The molecule has 3 nitrogen and oxygen atoms in total. The SMILES string of the molecule is CCN1C(=O)[C@H](N)[C@@H]1c1ccccc1F. The van der Waals surface area contributed by atoms with Gasteiger partial charge in [-0.3, -0.25) is 4.79 Å². The zero-order chi connectivity index (χ0) is 11.0. The molecule has 0 unspecified atom stereocenters. The van der Waals surface area contributed by atoms with Gasteiger partial charge in [0, 0.05) is 12.1 Å². The molecule has 0 aromatic heterocycles. The van der Waals surface area contributed by atoms with Crippen LogP contribution in [0.3, 0.4) is 0 Å². The molecule has 1 saturated heterocycles. The number of hydrogen-bond acceptors (Lipinski definition) is 2. The predicted molar refractivity (Wildman–Crippen MR) is 54.5 cm³/mol. The topological polar surface area (TPSA) is 46.3 Å². The third-order valence-electron chi connectivity index (χ3n) is 2.81. The van der Waals surface area contributed by atoms with Gasteiger partial charge in [0.15, 0.2) is 0 Å². The van der Waals surface area contributed by atoms with E-state index in [0.29, 0.717) is 12.1 Å². The summed E-state index contributed by atoms with van der Waals surface area (Å²) in [5, 5.41) is 0. The zero-order valence-electron chi connectivity index (χ0n) is 8.48. The minimum atomic E-state index is -0.596. The Balaban J connectivity index is 2.32. The van der Waals surface area contributed by atoms with E-state index in [2.05, 4.69) is 0 Å². The number of carbonyl (C=O) groups excluding carboxylic acids is 1. The standard InChI is InChI=1S/C11H13FN2O/c1-2-14-10(9(13)11(14)15)7-5-3-4-6-8(7)12/h3-6,9-10H,2,13H2,1H3/t9-,10+/m1/s1. The van der Waals surface area contributed by atoms with Gasteiger partial charge in [-0.25, -0.2) is 4.39 Å². The van der Waals surface area contributed by atoms with Crippen LogP contribution < -0.4 is 5.73 Å². The fraction of sp³-hybridized carbons (Fsp3) is 0.364. The summed E-state index contributed by atoms with van der Waals surface area (Å²) in [4.78, 5) is 13.0. The van der Waals surface area contributed by atoms with Crippen molar-refractivity contribution in [3.63, 3.8) is 0 Å². The molecule has 2 rings (SSSR count). The van der Waals surface area contributed by atoms with Crippen LogP contribution in [0.2, 0.25) is 0 Å². The number of nitrogens with two attached hydrogens (primary N) is 1. The van der Waals surface area contributed by atoms with E-state index in [-0.39, 0.29) is 17.8 Å². The van der Waals surface area contributed by atoms with Crippen LogP contribution in [-0.4, -0.2) is 23.4 Å². The number of likely N-dealkylation sites (tertiary alicyclic amines) is 1. The smallest absolute Gasteiger partial charge is 0.242 e. The molecule has 1 aliphatic rings. The Morgan fingerprint density at radius 1 is 1.47 bits per heavy atom. The van der Waals surface area contributed by atoms with Gasteiger partial charge in [0.05, 0.1) is 6.04 Å². The van der Waals surface area contributed by atoms with Crippen molar-refractivity contribution in [3.8, 4) is 0 Å². The Labute approximate surface area is 87.7 Å². The van der Waals surface area contributed by atoms with E-state index in [1.54, 1.807) is 23.1 Å². The number of nitrogens with zero attached hydrogens (tertiary/aromatic N) is 1. The van der Waals surface area contributed by atoms with Crippen molar-refractivity contribution in [2.24, 2.45) is 5.73 Å². The molecule has 2 N–H and O–H groups in total. The van der Waals surface area contributed by atoms with Gasteiger partial charge in [0.2, 0.25) is 5.91 Å². The molecule has 0 bridgehead atoms. The summed E-state index contributed by atoms with van der Waals surface area (Å²) >= 11 is 0. The van der Waals surface area contributed by atoms with Gasteiger partial charge in [-0.1, -0.05) is 18.2 Å². The maximum absolute atomic E-state index is 13.5. The molecule has 1 aromatic rings. The molecular weight excluding hydrogens is 195 g/mol. The van der Waals surface area contributed by atoms with Crippen molar-refractivity contribution < 1.29 is 9.18 Å². The number of β-lactam (4-membered cyclic amide) rings is 1. The average Bonchev–Trinajstić information content (AvgIpc) is 2.26. The predicted octanol–water partition coefficient (Wildman–Crippen LogP) is 1.06. The van der Waals surface area contributed by atoms with Crippen molar-refractivity contribution >= 4 is 5.91 Å². The van der Waals surface area contributed by atoms with Gasteiger partial charge >= 0.3 is 0 Å². The lowest BCUT2D eigenvalue weighted by atomic mass is 9.89. The maximum atomic E-state index is 13.5. The first kappa shape index (κ1) is 10.1. The van der Waals surface area contributed by atoms with Gasteiger partial charge in [-0.2, -0.15) is 0 Å². The highest BCUT2D eigenvalue weighted by atomic mass is 19.1. The lowest BCUT2D eigenvalue weighted by Gasteiger charge is -2.45. The van der Waals surface area contributed by atoms with Gasteiger partial charge in [0.25, 0.3) is 0 Å². The summed E-state index contributed by atoms with van der Waals surface area (Å²) in [6.45, 7) is 2.42. The summed E-state index contributed by atoms with van der Waals surface area (Å²) in [7, 11) is 0. The lowest BCUT2D eigenvalue weighted by Crippen LogP contribution is -2.62. The van der Waals surface area contributed by atoms with Gasteiger partial charge in [-0.05, 0) is 13.0 Å². The normalized spacial score (nSPS) is 25.3. The van der Waals surface area contributed by atoms with Crippen molar-refractivity contribution in [3.05, 3.63) is 35.6 Å². The molecule has 1 heterocycles. The van der Waals surface area contributed by atoms with Crippen LogP contribution in [-0.2, 0) is 4.79 Å². The molecule has 1 fully saturated rings. The van der Waals surface area contributed by atoms with Crippen LogP contribution in [0.4, 0.5) is 4.39 Å². The number of rotatable bonds is 2. The number of carbonyl (C=O) groups is 1. The number of benzene rings is 1. The zero-order valence-corrected chi connectivity index (χ0v) is 8.48. The molecule has 0 spiro atoms. The van der Waals surface area contributed by atoms with Crippen molar-refractivity contribution in [2.75, 3.05) is 6.54 Å². The number of hydrogen-bond donors (Lipinski definition) is 1. The first-order valence-corrected chi connectivity index (χ1v) is 4.97. The summed E-state index contributed by atoms with van der Waals surface area (Å²) in [6.07, 6.45) is 0. The van der Waals surface area contributed by atoms with Crippen LogP contribution in [0.1, 0.15) is 18.5 Å². The monoisotopic (exact) mass is 208 g/mol. The van der Waals surface area contributed by atoms with Crippen molar-refractivity contribution in [1.29, 1.82) is 0 Å². The van der Waals surface area contributed by atoms with Gasteiger partial charge in [-0.15, -0.1) is 0 Å². The quantitative estimate of drug-likeness (QED) is 0.738. The minimum absolute atomic E-state index is 0.106. The van der Waals surface area contributed by atoms with Crippen LogP contribution >= 0.6 is 0 Å². The van der Waals surface area contributed by atoms with Crippen LogP contribution in [0.15, 0.2) is 24.3 Å². The third-order valence-corrected chi connectivity index (χ3v) is 2.81. The molecule has 1 aromatic carbocycles. The number of amides is 1. The molecule has 4 heteroatoms. The fourth-order valence-corrected chi connectivity index (χ4v) is 2.00. The fourth-order valence-electron chi connectivity index (χ4n) is 2.00. The molecule has 0 aliphatic carbocycles. The number of likely N-dealkylation sites (N-methyl/N-ethyl adjacent to an activating group) is 1. The molecule has 0 saturated carbocycles. The van der Waals surface area contributed by atoms with Gasteiger partial charge in [0.1, 0.15) is 11.9 Å². The van der Waals surface area contributed by atoms with E-state index in [9.17, 15) is 9.18 Å². The van der Waals surface area contributed by atoms with E-state index in [1.165, 1.54) is 6.07 Å². The summed E-state index contributed by atoms with van der Waals surface area (Å²) in [5.41, 5.74) is 6.18. The van der Waals surface area contributed by atoms with Gasteiger partial charge < -0.3 is 10.6 Å². The summed E-state index contributed by atoms with van der Waals surface area (Å²) < 4.78 is 13.5. The average molecular weight is 208 g/mol. The third kappa shape index (κ3) is 1.41. The Morgan fingerprint density at radius 2 is 2.13 bits per heavy atom. The highest BCUT2D eigenvalue weighted by Crippen LogP contribution is 2.34. The Kier molecular flexibility index (Phi) is 2.44. The largest absolute Gasteiger partial charge is 0.332 e. The van der Waals surface area contributed by atoms with E-state index in [4.69, 9.17) is 5.73 Å². The van der Waals surface area contributed by atoms with E-state index in [1.807, 2.05) is 6.92 Å². The van der Waals surface area contributed by atoms with E-state index >= 15 is 0 Å². The van der Waals surface area contributed by atoms with Crippen LogP contribution in [0.25, 0.3) is 0 Å². The molecule has 0 radical (unpaired) electrons. The molecule has 1 amide bonds. The van der Waals surface area contributed by atoms with E-state index < -0.39 is 6.04 Å². The van der Waals surface area contributed by atoms with Crippen LogP contribution in [0.5, 0.6) is 0 Å². The number of halogens is 1. The Hall–Kier alpha value is -1.42. The second-order valence-corrected chi connectivity index (χ2v) is 3.62. The van der Waals surface area contributed by atoms with Crippen molar-refractivity contribution in [2.45, 2.75) is 19.0 Å². The highest BCUT2D eigenvalue weighted by molar-refractivity contribution is 5.89. The first-order valence-electron chi connectivity index (χ1n) is 4.97. The highest BCUT2D eigenvalue weighted by Gasteiger charge is 2.45. The molecule has 15 heavy (non-hydrogen) atoms. The molecule has 1 aliphatic heterocycles. The molecule has 80 valence electrons. The van der Waals surface area contributed by atoms with Crippen molar-refractivity contribution in [1.82, 2.24) is 4.90 Å². The second kappa shape index (κ2) is 3.62. The molecule has 2 atom stereocenters. The second-order valence-electron chi connectivity index (χ2n) is 3.62. The minimum Gasteiger partial charge on any atom is -0.332 e. The lowest BCUT2D eigenvalue weighted by molar-refractivity contribution is -0.149. The summed E-state index contributed by atoms with van der Waals surface area (Å²) in [5.74, 6) is -0.408. The van der Waals surface area contributed by atoms with Crippen LogP contribution in [0, 0.1) is 5.82 Å². The Morgan fingerprint density at radius 3 is 2.73 bits per heavy atom. The summed E-state index contributed by atoms with van der Waals surface area (Å²) in [6, 6.07) is 5.54. The molecular formula is C11H13FN2O. The maximum Gasteiger partial charge on any atom is 0.242 e. The first-order chi connectivity index (χ1) is 7.16. The van der Waals surface area contributed by atoms with E-state index in [0.717, 1.165) is 0 Å². The Bertz CT molecular complexity index is 394.